The van der Waals surface area contributed by atoms with Crippen LogP contribution in [0.25, 0.3) is 11.5 Å². The highest BCUT2D eigenvalue weighted by molar-refractivity contribution is 6.39. The molecule has 0 fully saturated rings. The van der Waals surface area contributed by atoms with Gasteiger partial charge in [-0.25, -0.2) is 0 Å². The molecule has 0 spiro atoms. The molecule has 0 unspecified atom stereocenters. The lowest BCUT2D eigenvalue weighted by Crippen LogP contribution is -1.89. The molecule has 0 aliphatic rings. The maximum absolute atomic E-state index is 5.91. The zero-order chi connectivity index (χ0) is 11.7. The van der Waals surface area contributed by atoms with Crippen LogP contribution < -0.4 is 5.73 Å². The third-order valence-electron chi connectivity index (χ3n) is 2.11. The number of aromatic nitrogens is 2. The van der Waals surface area contributed by atoms with Gasteiger partial charge in [-0.2, -0.15) is 4.98 Å². The third kappa shape index (κ3) is 1.99. The van der Waals surface area contributed by atoms with Crippen LogP contribution in [0.15, 0.2) is 16.7 Å². The van der Waals surface area contributed by atoms with Crippen molar-refractivity contribution in [3.8, 4) is 11.5 Å². The monoisotopic (exact) mass is 257 g/mol. The van der Waals surface area contributed by atoms with Crippen molar-refractivity contribution in [2.45, 2.75) is 13.3 Å². The van der Waals surface area contributed by atoms with Crippen molar-refractivity contribution < 1.29 is 4.52 Å². The molecule has 1 aromatic heterocycles. The van der Waals surface area contributed by atoms with E-state index in [2.05, 4.69) is 10.1 Å². The Kier molecular flexibility index (Phi) is 3.03. The molecule has 0 aliphatic heterocycles. The Bertz CT molecular complexity index is 502. The summed E-state index contributed by atoms with van der Waals surface area (Å²) in [4.78, 5) is 4.17. The van der Waals surface area contributed by atoms with Gasteiger partial charge >= 0.3 is 0 Å². The van der Waals surface area contributed by atoms with E-state index in [0.717, 1.165) is 0 Å². The van der Waals surface area contributed by atoms with Crippen molar-refractivity contribution >= 4 is 28.9 Å². The number of nitrogen functional groups attached to an aromatic ring is 1. The van der Waals surface area contributed by atoms with Crippen LogP contribution in [0.3, 0.4) is 0 Å². The second kappa shape index (κ2) is 4.31. The minimum absolute atomic E-state index is 0.349. The van der Waals surface area contributed by atoms with Crippen LogP contribution in [0.2, 0.25) is 10.0 Å². The van der Waals surface area contributed by atoms with E-state index in [4.69, 9.17) is 33.5 Å². The highest BCUT2D eigenvalue weighted by Crippen LogP contribution is 2.32. The van der Waals surface area contributed by atoms with Gasteiger partial charge in [0.25, 0.3) is 5.89 Å². The molecule has 2 rings (SSSR count). The number of anilines is 1. The zero-order valence-electron chi connectivity index (χ0n) is 8.50. The van der Waals surface area contributed by atoms with E-state index in [1.54, 1.807) is 12.1 Å². The number of aryl methyl sites for hydroxylation is 1. The zero-order valence-corrected chi connectivity index (χ0v) is 10.0. The number of nitrogens with zero attached hydrogens (tertiary/aromatic N) is 2. The topological polar surface area (TPSA) is 64.9 Å². The van der Waals surface area contributed by atoms with Crippen LogP contribution in [0.4, 0.5) is 5.69 Å². The quantitative estimate of drug-likeness (QED) is 0.840. The number of rotatable bonds is 2. The van der Waals surface area contributed by atoms with E-state index < -0.39 is 0 Å². The molecule has 0 amide bonds. The van der Waals surface area contributed by atoms with Crippen LogP contribution in [0.1, 0.15) is 12.7 Å². The van der Waals surface area contributed by atoms with Crippen LogP contribution in [-0.4, -0.2) is 10.1 Å². The summed E-state index contributed by atoms with van der Waals surface area (Å²) in [5, 5.41) is 4.54. The smallest absolute Gasteiger partial charge is 0.258 e. The number of hydrogen-bond acceptors (Lipinski definition) is 4. The van der Waals surface area contributed by atoms with Gasteiger partial charge in [0.05, 0.1) is 15.7 Å². The summed E-state index contributed by atoms with van der Waals surface area (Å²) < 4.78 is 5.07. The van der Waals surface area contributed by atoms with Crippen LogP contribution in [-0.2, 0) is 6.42 Å². The van der Waals surface area contributed by atoms with E-state index in [-0.39, 0.29) is 0 Å². The lowest BCUT2D eigenvalue weighted by atomic mass is 10.2. The minimum atomic E-state index is 0.349. The molecule has 0 saturated carbocycles. The second-order valence-corrected chi connectivity index (χ2v) is 4.04. The molecular formula is C10H9Cl2N3O. The molecule has 2 N–H and O–H groups in total. The fourth-order valence-corrected chi connectivity index (χ4v) is 1.71. The van der Waals surface area contributed by atoms with E-state index in [1.165, 1.54) is 0 Å². The number of nitrogens with two attached hydrogens (primary N) is 1. The van der Waals surface area contributed by atoms with Gasteiger partial charge in [-0.3, -0.25) is 0 Å². The van der Waals surface area contributed by atoms with Gasteiger partial charge in [-0.05, 0) is 12.1 Å². The lowest BCUT2D eigenvalue weighted by Gasteiger charge is -2.02. The van der Waals surface area contributed by atoms with Gasteiger partial charge < -0.3 is 10.3 Å². The van der Waals surface area contributed by atoms with E-state index >= 15 is 0 Å². The molecule has 0 bridgehead atoms. The van der Waals surface area contributed by atoms with Gasteiger partial charge in [0, 0.05) is 12.0 Å². The molecule has 0 atom stereocenters. The Morgan fingerprint density at radius 1 is 1.31 bits per heavy atom. The van der Waals surface area contributed by atoms with E-state index in [0.29, 0.717) is 39.4 Å². The van der Waals surface area contributed by atoms with Gasteiger partial charge in [0.2, 0.25) is 0 Å². The first-order chi connectivity index (χ1) is 7.61. The van der Waals surface area contributed by atoms with E-state index in [9.17, 15) is 0 Å². The molecular weight excluding hydrogens is 249 g/mol. The van der Waals surface area contributed by atoms with Crippen molar-refractivity contribution in [3.05, 3.63) is 28.0 Å². The second-order valence-electron chi connectivity index (χ2n) is 3.22. The number of benzene rings is 1. The van der Waals surface area contributed by atoms with Gasteiger partial charge in [0.15, 0.2) is 5.82 Å². The summed E-state index contributed by atoms with van der Waals surface area (Å²) in [6.07, 6.45) is 0.708. The summed E-state index contributed by atoms with van der Waals surface area (Å²) >= 11 is 11.8. The molecule has 2 aromatic rings. The maximum atomic E-state index is 5.91. The SMILES string of the molecule is CCc1noc(-c2cc(Cl)c(N)c(Cl)c2)n1. The minimum Gasteiger partial charge on any atom is -0.396 e. The van der Waals surface area contributed by atoms with Gasteiger partial charge in [-0.1, -0.05) is 35.3 Å². The first kappa shape index (κ1) is 11.2. The molecule has 1 heterocycles. The Morgan fingerprint density at radius 2 is 1.94 bits per heavy atom. The van der Waals surface area contributed by atoms with Crippen LogP contribution in [0, 0.1) is 0 Å². The summed E-state index contributed by atoms with van der Waals surface area (Å²) in [6.45, 7) is 1.94. The highest BCUT2D eigenvalue weighted by atomic mass is 35.5. The molecule has 1 aromatic carbocycles. The average molecular weight is 258 g/mol. The predicted octanol–water partition coefficient (Wildman–Crippen LogP) is 3.19. The van der Waals surface area contributed by atoms with Crippen LogP contribution in [0.5, 0.6) is 0 Å². The average Bonchev–Trinajstić information content (AvgIpc) is 2.73. The highest BCUT2D eigenvalue weighted by Gasteiger charge is 2.11. The number of halogens is 2. The predicted molar refractivity (Wildman–Crippen MR) is 63.5 cm³/mol. The number of hydrogen-bond donors (Lipinski definition) is 1. The van der Waals surface area contributed by atoms with E-state index in [1.807, 2.05) is 6.92 Å². The Hall–Kier alpha value is -1.26. The maximum Gasteiger partial charge on any atom is 0.258 e. The fourth-order valence-electron chi connectivity index (χ4n) is 1.22. The summed E-state index contributed by atoms with van der Waals surface area (Å²) in [5.41, 5.74) is 6.64. The van der Waals surface area contributed by atoms with Crippen molar-refractivity contribution in [1.29, 1.82) is 0 Å². The molecule has 4 nitrogen and oxygen atoms in total. The van der Waals surface area contributed by atoms with Crippen molar-refractivity contribution in [2.24, 2.45) is 0 Å². The first-order valence-electron chi connectivity index (χ1n) is 4.69. The van der Waals surface area contributed by atoms with Gasteiger partial charge in [0.1, 0.15) is 0 Å². The standard InChI is InChI=1S/C10H9Cl2N3O/c1-2-8-14-10(16-15-8)5-3-6(11)9(13)7(12)4-5/h3-4H,2,13H2,1H3. The van der Waals surface area contributed by atoms with Crippen molar-refractivity contribution in [2.75, 3.05) is 5.73 Å². The molecule has 0 saturated heterocycles. The summed E-state index contributed by atoms with van der Waals surface area (Å²) in [6, 6.07) is 3.30. The van der Waals surface area contributed by atoms with Crippen molar-refractivity contribution in [1.82, 2.24) is 10.1 Å². The Labute approximate surface area is 102 Å². The lowest BCUT2D eigenvalue weighted by molar-refractivity contribution is 0.423. The molecule has 0 aliphatic carbocycles. The molecule has 84 valence electrons. The largest absolute Gasteiger partial charge is 0.396 e. The third-order valence-corrected chi connectivity index (χ3v) is 2.74. The van der Waals surface area contributed by atoms with Crippen LogP contribution >= 0.6 is 23.2 Å². The van der Waals surface area contributed by atoms with Crippen molar-refractivity contribution in [3.63, 3.8) is 0 Å². The summed E-state index contributed by atoms with van der Waals surface area (Å²) in [5.74, 6) is 1.03. The molecule has 16 heavy (non-hydrogen) atoms. The first-order valence-corrected chi connectivity index (χ1v) is 5.45. The normalized spacial score (nSPS) is 10.7. The fraction of sp³-hybridized carbons (Fsp3) is 0.200. The van der Waals surface area contributed by atoms with Gasteiger partial charge in [-0.15, -0.1) is 0 Å². The Balaban J connectivity index is 2.48. The molecule has 6 heteroatoms. The summed E-state index contributed by atoms with van der Waals surface area (Å²) in [7, 11) is 0. The molecule has 0 radical (unpaired) electrons. The Morgan fingerprint density at radius 3 is 2.44 bits per heavy atom.